The highest BCUT2D eigenvalue weighted by Gasteiger charge is 2.13. The molecule has 0 spiro atoms. The third kappa shape index (κ3) is 40.7. The van der Waals surface area contributed by atoms with Crippen LogP contribution in [0.4, 0.5) is 0 Å². The van der Waals surface area contributed by atoms with Gasteiger partial charge in [0, 0.05) is 19.6 Å². The summed E-state index contributed by atoms with van der Waals surface area (Å²) in [5.41, 5.74) is 5.72. The third-order valence-corrected chi connectivity index (χ3v) is 6.97. The quantitative estimate of drug-likeness (QED) is 0.206. The summed E-state index contributed by atoms with van der Waals surface area (Å²) in [4.78, 5) is 0. The van der Waals surface area contributed by atoms with Gasteiger partial charge in [-0.2, -0.15) is 0 Å². The molecule has 2 nitrogen and oxygen atoms in total. The van der Waals surface area contributed by atoms with E-state index >= 15 is 0 Å². The molecule has 0 aliphatic carbocycles. The molecule has 0 aliphatic rings. The molecule has 0 unspecified atom stereocenters. The van der Waals surface area contributed by atoms with Crippen LogP contribution in [-0.4, -0.2) is 46.0 Å². The standard InChI is InChI=1S/C10H24OSi2.C10H22OSi2.2CH4/c2*1-12(2,3)10-8-7-9-11-13(4,5)6;;/h8,10H,7,9H2,1-6H3;7,9H2,1-6H3;2*1H4. The number of rotatable bonds is 8. The van der Waals surface area contributed by atoms with E-state index in [0.29, 0.717) is 0 Å². The molecule has 6 heteroatoms. The maximum Gasteiger partial charge on any atom is 0.183 e. The van der Waals surface area contributed by atoms with E-state index in [2.05, 4.69) is 102 Å². The van der Waals surface area contributed by atoms with Crippen molar-refractivity contribution in [3.8, 4) is 11.5 Å². The van der Waals surface area contributed by atoms with Gasteiger partial charge < -0.3 is 8.85 Å². The minimum atomic E-state index is -1.31. The molecule has 0 saturated heterocycles. The second kappa shape index (κ2) is 15.9. The largest absolute Gasteiger partial charge is 0.417 e. The molecule has 0 fully saturated rings. The smallest absolute Gasteiger partial charge is 0.183 e. The van der Waals surface area contributed by atoms with Crippen LogP contribution in [0.15, 0.2) is 11.8 Å². The molecule has 0 rings (SSSR count). The summed E-state index contributed by atoms with van der Waals surface area (Å²) < 4.78 is 11.4. The second-order valence-electron chi connectivity index (χ2n) is 10.8. The molecule has 28 heavy (non-hydrogen) atoms. The molecule has 0 aliphatic heterocycles. The van der Waals surface area contributed by atoms with Gasteiger partial charge >= 0.3 is 0 Å². The van der Waals surface area contributed by atoms with Crippen LogP contribution in [0.25, 0.3) is 0 Å². The van der Waals surface area contributed by atoms with Crippen molar-refractivity contribution in [2.45, 2.75) is 106 Å². The van der Waals surface area contributed by atoms with Crippen LogP contribution >= 0.6 is 0 Å². The average molecular weight is 463 g/mol. The van der Waals surface area contributed by atoms with Gasteiger partial charge in [0.1, 0.15) is 8.07 Å². The van der Waals surface area contributed by atoms with Gasteiger partial charge in [0.15, 0.2) is 16.6 Å². The van der Waals surface area contributed by atoms with Crippen LogP contribution < -0.4 is 0 Å². The molecule has 0 atom stereocenters. The molecule has 170 valence electrons. The molecule has 0 heterocycles. The van der Waals surface area contributed by atoms with Crippen molar-refractivity contribution in [1.82, 2.24) is 0 Å². The normalized spacial score (nSPS) is 12.1. The van der Waals surface area contributed by atoms with Crippen LogP contribution in [0.1, 0.15) is 27.7 Å². The highest BCUT2D eigenvalue weighted by Crippen LogP contribution is 2.06. The first-order valence-electron chi connectivity index (χ1n) is 9.87. The van der Waals surface area contributed by atoms with E-state index in [1.54, 1.807) is 0 Å². The lowest BCUT2D eigenvalue weighted by molar-refractivity contribution is 0.319. The lowest BCUT2D eigenvalue weighted by atomic mass is 10.5. The molecule has 0 amide bonds. The monoisotopic (exact) mass is 462 g/mol. The maximum absolute atomic E-state index is 5.75. The summed E-state index contributed by atoms with van der Waals surface area (Å²) in [6.45, 7) is 28.9. The van der Waals surface area contributed by atoms with E-state index in [1.807, 2.05) is 0 Å². The molecule has 0 saturated carbocycles. The molecule has 0 bridgehead atoms. The van der Waals surface area contributed by atoms with E-state index < -0.39 is 32.8 Å². The Kier molecular flexibility index (Phi) is 20.1. The Morgan fingerprint density at radius 2 is 1.11 bits per heavy atom. The molecular formula is C22H54O2Si4. The van der Waals surface area contributed by atoms with Crippen LogP contribution in [0.5, 0.6) is 0 Å². The van der Waals surface area contributed by atoms with Crippen molar-refractivity contribution < 1.29 is 8.85 Å². The summed E-state index contributed by atoms with van der Waals surface area (Å²) in [5.74, 6) is 3.21. The summed E-state index contributed by atoms with van der Waals surface area (Å²) in [6, 6.07) is 0. The van der Waals surface area contributed by atoms with Crippen LogP contribution in [0.3, 0.4) is 0 Å². The van der Waals surface area contributed by atoms with Crippen molar-refractivity contribution >= 4 is 32.8 Å². The van der Waals surface area contributed by atoms with E-state index in [1.165, 1.54) is 0 Å². The van der Waals surface area contributed by atoms with Gasteiger partial charge in [0.2, 0.25) is 0 Å². The first-order valence-corrected chi connectivity index (χ1v) is 23.8. The summed E-state index contributed by atoms with van der Waals surface area (Å²) >= 11 is 0. The minimum absolute atomic E-state index is 0. The van der Waals surface area contributed by atoms with E-state index in [-0.39, 0.29) is 14.9 Å². The first kappa shape index (κ1) is 35.5. The van der Waals surface area contributed by atoms with Crippen LogP contribution in [0.2, 0.25) is 78.6 Å². The van der Waals surface area contributed by atoms with Gasteiger partial charge in [-0.1, -0.05) is 65.9 Å². The first-order chi connectivity index (χ1) is 11.4. The molecule has 0 aromatic rings. The van der Waals surface area contributed by atoms with Crippen LogP contribution in [0, 0.1) is 11.5 Å². The summed E-state index contributed by atoms with van der Waals surface area (Å²) in [7, 11) is -4.72. The fraction of sp³-hybridized carbons (Fsp3) is 0.818. The maximum atomic E-state index is 5.75. The number of hydrogen-bond acceptors (Lipinski definition) is 2. The van der Waals surface area contributed by atoms with Crippen molar-refractivity contribution in [3.05, 3.63) is 11.8 Å². The predicted octanol–water partition coefficient (Wildman–Crippen LogP) is 8.04. The Bertz CT molecular complexity index is 451. The second-order valence-corrected chi connectivity index (χ2v) is 29.6. The molecule has 0 aromatic heterocycles. The lowest BCUT2D eigenvalue weighted by Crippen LogP contribution is -2.25. The Labute approximate surface area is 184 Å². The lowest BCUT2D eigenvalue weighted by Gasteiger charge is -2.16. The average Bonchev–Trinajstić information content (AvgIpc) is 2.33. The van der Waals surface area contributed by atoms with Gasteiger partial charge in [0.05, 0.1) is 8.07 Å². The van der Waals surface area contributed by atoms with Crippen molar-refractivity contribution in [2.24, 2.45) is 0 Å². The van der Waals surface area contributed by atoms with Gasteiger partial charge in [-0.15, -0.1) is 11.5 Å². The highest BCUT2D eigenvalue weighted by atomic mass is 28.4. The Balaban J connectivity index is -0.000000192. The van der Waals surface area contributed by atoms with E-state index in [9.17, 15) is 0 Å². The third-order valence-electron chi connectivity index (χ3n) is 2.66. The Morgan fingerprint density at radius 3 is 1.46 bits per heavy atom. The Morgan fingerprint density at radius 1 is 0.679 bits per heavy atom. The van der Waals surface area contributed by atoms with Gasteiger partial charge in [0.25, 0.3) is 0 Å². The van der Waals surface area contributed by atoms with Gasteiger partial charge in [-0.25, -0.2) is 0 Å². The topological polar surface area (TPSA) is 18.5 Å². The SMILES string of the molecule is C.C.C[Si](C)(C)C#CCCO[Si](C)(C)C.C[Si](C)(C)C=CCCO[Si](C)(C)C. The van der Waals surface area contributed by atoms with Crippen molar-refractivity contribution in [3.63, 3.8) is 0 Å². The zero-order chi connectivity index (χ0) is 21.1. The zero-order valence-corrected chi connectivity index (χ0v) is 23.8. The van der Waals surface area contributed by atoms with E-state index in [0.717, 1.165) is 26.1 Å². The van der Waals surface area contributed by atoms with Crippen molar-refractivity contribution in [2.75, 3.05) is 13.2 Å². The number of hydrogen-bond donors (Lipinski definition) is 0. The van der Waals surface area contributed by atoms with Crippen molar-refractivity contribution in [1.29, 1.82) is 0 Å². The van der Waals surface area contributed by atoms with E-state index in [4.69, 9.17) is 8.85 Å². The molecule has 0 N–H and O–H groups in total. The zero-order valence-electron chi connectivity index (χ0n) is 19.8. The highest BCUT2D eigenvalue weighted by molar-refractivity contribution is 6.83. The summed E-state index contributed by atoms with van der Waals surface area (Å²) in [6.07, 6.45) is 4.26. The predicted molar refractivity (Wildman–Crippen MR) is 145 cm³/mol. The van der Waals surface area contributed by atoms with Gasteiger partial charge in [-0.05, 0) is 45.7 Å². The molecular weight excluding hydrogens is 409 g/mol. The fourth-order valence-corrected chi connectivity index (χ4v) is 4.58. The fourth-order valence-electron chi connectivity index (χ4n) is 1.61. The summed E-state index contributed by atoms with van der Waals surface area (Å²) in [5, 5.41) is 0. The minimum Gasteiger partial charge on any atom is -0.417 e. The molecule has 0 aromatic carbocycles. The van der Waals surface area contributed by atoms with Gasteiger partial charge in [-0.3, -0.25) is 0 Å². The van der Waals surface area contributed by atoms with Crippen LogP contribution in [-0.2, 0) is 8.85 Å². The Hall–Kier alpha value is 0.0875. The molecule has 0 radical (unpaired) electrons.